The highest BCUT2D eigenvalue weighted by atomic mass is 79.9. The molecule has 25 heavy (non-hydrogen) atoms. The molecule has 0 bridgehead atoms. The first-order chi connectivity index (χ1) is 13.5. The number of halogens is 1. The Bertz CT molecular complexity index is 605. The van der Waals surface area contributed by atoms with E-state index in [9.17, 15) is 29.1 Å². The average molecular weight is 431 g/mol. The van der Waals surface area contributed by atoms with E-state index in [1.54, 1.807) is 0 Å². The molecule has 0 aromatic rings. The quantitative estimate of drug-likeness (QED) is 0.208. The van der Waals surface area contributed by atoms with E-state index in [0.29, 0.717) is 0 Å². The van der Waals surface area contributed by atoms with Crippen molar-refractivity contribution in [2.45, 2.75) is 24.4 Å². The molecule has 0 saturated heterocycles. The first-order valence-corrected chi connectivity index (χ1v) is 7.52. The van der Waals surface area contributed by atoms with Crippen LogP contribution in [0.2, 0.25) is 0 Å². The monoisotopic (exact) mass is 430 g/mol. The highest BCUT2D eigenvalue weighted by Gasteiger charge is 2.39. The van der Waals surface area contributed by atoms with Gasteiger partial charge in [0.05, 0.1) is 6.61 Å². The van der Waals surface area contributed by atoms with Gasteiger partial charge in [-0.1, -0.05) is 0 Å². The summed E-state index contributed by atoms with van der Waals surface area (Å²) < 4.78 is 46.4. The molecule has 0 radical (unpaired) electrons. The largest absolute Gasteiger partial charge is 0.388 e. The summed E-state index contributed by atoms with van der Waals surface area (Å²) in [4.78, 5) is 55.3. The number of carbonyl (C=O) groups is 5. The normalized spacial score (nSPS) is 17.8. The summed E-state index contributed by atoms with van der Waals surface area (Å²) in [5.74, 6) is 0. The average Bonchev–Trinajstić information content (AvgIpc) is 2.57. The standard InChI is InChI=1S/C14H19BrO10/c15-14(21)13(25-8-4-19)12(24-7-3-18)11(23-6-2-17)10(20)9-22-5-1-16/h1-4,10-13,20H,5-9H2/t10-,11-,12+,13+/m1/s1/i1D,2D,3D,4D. The van der Waals surface area contributed by atoms with Crippen LogP contribution in [0.5, 0.6) is 0 Å². The molecule has 0 aromatic heterocycles. The van der Waals surface area contributed by atoms with Gasteiger partial charge in [-0.15, -0.1) is 0 Å². The van der Waals surface area contributed by atoms with E-state index in [0.717, 1.165) is 0 Å². The minimum atomic E-state index is -1.73. The van der Waals surface area contributed by atoms with Crippen molar-refractivity contribution in [3.63, 3.8) is 0 Å². The third-order valence-corrected chi connectivity index (χ3v) is 3.12. The number of hydrogen-bond acceptors (Lipinski definition) is 10. The van der Waals surface area contributed by atoms with E-state index < -0.39 is 87.2 Å². The molecule has 0 fully saturated rings. The number of hydrogen-bond donors (Lipinski definition) is 1. The van der Waals surface area contributed by atoms with Gasteiger partial charge in [-0.2, -0.15) is 0 Å². The maximum Gasteiger partial charge on any atom is 0.229 e. The Hall–Kier alpha value is -1.37. The third-order valence-electron chi connectivity index (χ3n) is 2.67. The zero-order valence-corrected chi connectivity index (χ0v) is 14.4. The van der Waals surface area contributed by atoms with Gasteiger partial charge in [-0.25, -0.2) is 0 Å². The molecule has 11 heteroatoms. The SMILES string of the molecule is [2H]C(=O)COC[C@@H](O)[C@@H](OCC([2H])=O)[C@H](OCC([2H])=O)[C@H](OCC([2H])=O)C(=O)Br. The van der Waals surface area contributed by atoms with E-state index in [1.807, 2.05) is 0 Å². The molecular formula is C14H19BrO10. The second-order valence-corrected chi connectivity index (χ2v) is 5.03. The van der Waals surface area contributed by atoms with E-state index in [1.165, 1.54) is 0 Å². The Morgan fingerprint density at radius 1 is 0.920 bits per heavy atom. The van der Waals surface area contributed by atoms with Crippen LogP contribution < -0.4 is 0 Å². The van der Waals surface area contributed by atoms with Crippen LogP contribution >= 0.6 is 15.9 Å². The van der Waals surface area contributed by atoms with Crippen molar-refractivity contribution in [1.82, 2.24) is 0 Å². The van der Waals surface area contributed by atoms with Crippen molar-refractivity contribution in [1.29, 1.82) is 0 Å². The van der Waals surface area contributed by atoms with Crippen LogP contribution in [0.15, 0.2) is 0 Å². The molecule has 0 aromatic carbocycles. The highest BCUT2D eigenvalue weighted by molar-refractivity contribution is 9.18. The zero-order valence-electron chi connectivity index (χ0n) is 16.8. The maximum atomic E-state index is 11.9. The Morgan fingerprint density at radius 2 is 1.40 bits per heavy atom. The number of aliphatic hydroxyl groups excluding tert-OH is 1. The molecule has 0 heterocycles. The van der Waals surface area contributed by atoms with Crippen LogP contribution in [-0.2, 0) is 42.9 Å². The second kappa shape index (κ2) is 14.9. The summed E-state index contributed by atoms with van der Waals surface area (Å²) in [5, 5.41) is 10.3. The van der Waals surface area contributed by atoms with Gasteiger partial charge in [0.25, 0.3) is 0 Å². The summed E-state index contributed by atoms with van der Waals surface area (Å²) in [7, 11) is 0. The van der Waals surface area contributed by atoms with Crippen LogP contribution in [0, 0.1) is 0 Å². The summed E-state index contributed by atoms with van der Waals surface area (Å²) in [6, 6.07) is 0. The lowest BCUT2D eigenvalue weighted by Gasteiger charge is -2.33. The molecule has 142 valence electrons. The first kappa shape index (κ1) is 17.1. The fraction of sp³-hybridized carbons (Fsp3) is 0.643. The van der Waals surface area contributed by atoms with Gasteiger partial charge in [0.2, 0.25) is 4.69 Å². The smallest absolute Gasteiger partial charge is 0.229 e. The molecule has 0 saturated carbocycles. The van der Waals surface area contributed by atoms with Gasteiger partial charge in [-0.3, -0.25) is 4.79 Å². The molecule has 0 aliphatic rings. The fourth-order valence-electron chi connectivity index (χ4n) is 1.77. The van der Waals surface area contributed by atoms with Crippen molar-refractivity contribution in [3.8, 4) is 0 Å². The Balaban J connectivity index is 5.69. The molecule has 0 rings (SSSR count). The predicted octanol–water partition coefficient (Wildman–Crippen LogP) is -1.76. The topological polar surface area (TPSA) is 143 Å². The van der Waals surface area contributed by atoms with Crippen LogP contribution in [0.4, 0.5) is 0 Å². The number of ether oxygens (including phenoxy) is 4. The maximum absolute atomic E-state index is 11.9. The Labute approximate surface area is 157 Å². The van der Waals surface area contributed by atoms with Crippen LogP contribution in [0.1, 0.15) is 5.48 Å². The molecule has 0 aliphatic carbocycles. The Morgan fingerprint density at radius 3 is 1.88 bits per heavy atom. The van der Waals surface area contributed by atoms with Gasteiger partial charge in [0.15, 0.2) is 6.10 Å². The highest BCUT2D eigenvalue weighted by Crippen LogP contribution is 2.19. The number of aliphatic hydroxyl groups is 1. The summed E-state index contributed by atoms with van der Waals surface area (Å²) in [6.45, 7) is -3.98. The van der Waals surface area contributed by atoms with Gasteiger partial charge in [-0.05, 0) is 15.9 Å². The molecule has 1 N–H and O–H groups in total. The van der Waals surface area contributed by atoms with E-state index in [4.69, 9.17) is 24.4 Å². The van der Waals surface area contributed by atoms with E-state index in [2.05, 4.69) is 15.9 Å². The van der Waals surface area contributed by atoms with Crippen LogP contribution in [-0.4, -0.2) is 92.3 Å². The molecule has 0 unspecified atom stereocenters. The van der Waals surface area contributed by atoms with Crippen molar-refractivity contribution in [3.05, 3.63) is 0 Å². The van der Waals surface area contributed by atoms with Crippen molar-refractivity contribution >= 4 is 45.7 Å². The van der Waals surface area contributed by atoms with Crippen LogP contribution in [0.25, 0.3) is 0 Å². The van der Waals surface area contributed by atoms with Crippen LogP contribution in [0.3, 0.4) is 0 Å². The number of carbonyl (C=O) groups excluding carboxylic acids is 5. The summed E-state index contributed by atoms with van der Waals surface area (Å²) in [6.07, 6.45) is -11.6. The third kappa shape index (κ3) is 9.63. The minimum absolute atomic E-state index is 0.642. The lowest BCUT2D eigenvalue weighted by Crippen LogP contribution is -2.52. The number of aldehydes is 4. The summed E-state index contributed by atoms with van der Waals surface area (Å²) in [5.41, 5.74) is 0. The molecule has 0 spiro atoms. The summed E-state index contributed by atoms with van der Waals surface area (Å²) >= 11 is 2.58. The van der Waals surface area contributed by atoms with Crippen molar-refractivity contribution < 1.29 is 53.5 Å². The van der Waals surface area contributed by atoms with E-state index in [-0.39, 0.29) is 0 Å². The molecule has 0 aliphatic heterocycles. The first-order valence-electron chi connectivity index (χ1n) is 8.73. The van der Waals surface area contributed by atoms with Gasteiger partial charge in [0.1, 0.15) is 75.3 Å². The Kier molecular flexibility index (Phi) is 10.2. The van der Waals surface area contributed by atoms with E-state index >= 15 is 0 Å². The molecule has 0 amide bonds. The van der Waals surface area contributed by atoms with Gasteiger partial charge in [0, 0.05) is 0 Å². The fourth-order valence-corrected chi connectivity index (χ4v) is 2.16. The lowest BCUT2D eigenvalue weighted by atomic mass is 10.0. The molecule has 4 atom stereocenters. The molecular weight excluding hydrogens is 408 g/mol. The predicted molar refractivity (Wildman–Crippen MR) is 84.2 cm³/mol. The second-order valence-electron chi connectivity index (χ2n) is 4.25. The lowest BCUT2D eigenvalue weighted by molar-refractivity contribution is -0.177. The van der Waals surface area contributed by atoms with Gasteiger partial charge >= 0.3 is 0 Å². The zero-order chi connectivity index (χ0) is 22.6. The number of rotatable bonds is 17. The molecule has 10 nitrogen and oxygen atoms in total. The van der Waals surface area contributed by atoms with Gasteiger partial charge < -0.3 is 43.2 Å². The van der Waals surface area contributed by atoms with Crippen molar-refractivity contribution in [2.24, 2.45) is 0 Å². The van der Waals surface area contributed by atoms with Crippen molar-refractivity contribution in [2.75, 3.05) is 33.0 Å². The minimum Gasteiger partial charge on any atom is -0.388 e.